The van der Waals surface area contributed by atoms with Crippen LogP contribution in [0.1, 0.15) is 5.56 Å². The monoisotopic (exact) mass is 286 g/mol. The highest BCUT2D eigenvalue weighted by atomic mass is 32.3. The van der Waals surface area contributed by atoms with Crippen LogP contribution in [0.4, 0.5) is 13.2 Å². The molecule has 3 nitrogen and oxygen atoms in total. The van der Waals surface area contributed by atoms with Crippen LogP contribution in [0.25, 0.3) is 0 Å². The van der Waals surface area contributed by atoms with Gasteiger partial charge in [0, 0.05) is 17.8 Å². The predicted molar refractivity (Wildman–Crippen MR) is 58.7 cm³/mol. The Morgan fingerprint density at radius 3 is 2.29 bits per heavy atom. The zero-order chi connectivity index (χ0) is 12.9. The Hall–Kier alpha value is -0.730. The van der Waals surface area contributed by atoms with E-state index < -0.39 is 15.6 Å². The molecular weight excluding hydrogens is 277 g/mol. The van der Waals surface area contributed by atoms with Crippen molar-refractivity contribution >= 4 is 22.2 Å². The Morgan fingerprint density at radius 1 is 1.18 bits per heavy atom. The molecule has 0 aliphatic heterocycles. The van der Waals surface area contributed by atoms with E-state index in [2.05, 4.69) is 3.63 Å². The van der Waals surface area contributed by atoms with Crippen molar-refractivity contribution in [2.75, 3.05) is 5.75 Å². The maximum Gasteiger partial charge on any atom is 0.524 e. The molecule has 0 aliphatic carbocycles. The maximum absolute atomic E-state index is 11.9. The molecule has 0 atom stereocenters. The van der Waals surface area contributed by atoms with E-state index in [4.69, 9.17) is 0 Å². The molecule has 0 spiro atoms. The lowest BCUT2D eigenvalue weighted by Gasteiger charge is -2.06. The maximum atomic E-state index is 11.9. The summed E-state index contributed by atoms with van der Waals surface area (Å²) in [6.07, 6.45) is 0.429. The van der Waals surface area contributed by atoms with E-state index in [1.165, 1.54) is 0 Å². The molecule has 8 heteroatoms. The summed E-state index contributed by atoms with van der Waals surface area (Å²) in [5.41, 5.74) is -4.47. The van der Waals surface area contributed by atoms with Gasteiger partial charge in [-0.1, -0.05) is 30.3 Å². The average molecular weight is 286 g/mol. The van der Waals surface area contributed by atoms with Crippen LogP contribution in [0.2, 0.25) is 0 Å². The van der Waals surface area contributed by atoms with E-state index in [9.17, 15) is 21.6 Å². The van der Waals surface area contributed by atoms with Crippen LogP contribution >= 0.6 is 12.0 Å². The largest absolute Gasteiger partial charge is 0.524 e. The van der Waals surface area contributed by atoms with Crippen molar-refractivity contribution in [2.45, 2.75) is 11.9 Å². The van der Waals surface area contributed by atoms with Crippen molar-refractivity contribution in [2.24, 2.45) is 0 Å². The summed E-state index contributed by atoms with van der Waals surface area (Å²) >= 11 is 0.274. The van der Waals surface area contributed by atoms with E-state index in [0.717, 1.165) is 5.56 Å². The first-order valence-corrected chi connectivity index (χ1v) is 6.81. The summed E-state index contributed by atoms with van der Waals surface area (Å²) < 4.78 is 60.3. The fraction of sp³-hybridized carbons (Fsp3) is 0.333. The molecule has 17 heavy (non-hydrogen) atoms. The highest BCUT2D eigenvalue weighted by molar-refractivity contribution is 8.04. The number of alkyl halides is 3. The Bertz CT molecular complexity index is 442. The molecule has 1 aromatic carbocycles. The van der Waals surface area contributed by atoms with Crippen LogP contribution in [-0.4, -0.2) is 19.7 Å². The van der Waals surface area contributed by atoms with Gasteiger partial charge < -0.3 is 0 Å². The molecule has 0 unspecified atom stereocenters. The Kier molecular flexibility index (Phi) is 4.84. The average Bonchev–Trinajstić information content (AvgIpc) is 2.24. The standard InChI is InChI=1S/C9H9F3O3S2/c10-9(11,12)17(13,14)15-16-7-6-8-4-2-1-3-5-8/h1-5H,6-7H2. The van der Waals surface area contributed by atoms with Crippen molar-refractivity contribution in [3.05, 3.63) is 35.9 Å². The molecule has 1 rings (SSSR count). The highest BCUT2D eigenvalue weighted by Crippen LogP contribution is 2.28. The fourth-order valence-corrected chi connectivity index (χ4v) is 2.35. The van der Waals surface area contributed by atoms with Gasteiger partial charge in [-0.3, -0.25) is 0 Å². The lowest BCUT2D eigenvalue weighted by molar-refractivity contribution is -0.0494. The fourth-order valence-electron chi connectivity index (χ4n) is 0.940. The van der Waals surface area contributed by atoms with Gasteiger partial charge in [-0.15, -0.1) is 0 Å². The number of hydrogen-bond acceptors (Lipinski definition) is 4. The van der Waals surface area contributed by atoms with Gasteiger partial charge >= 0.3 is 15.6 Å². The normalized spacial score (nSPS) is 12.6. The lowest BCUT2D eigenvalue weighted by Crippen LogP contribution is -2.23. The van der Waals surface area contributed by atoms with Crippen LogP contribution < -0.4 is 0 Å². The van der Waals surface area contributed by atoms with E-state index >= 15 is 0 Å². The molecule has 0 N–H and O–H groups in total. The topological polar surface area (TPSA) is 43.4 Å². The molecule has 0 heterocycles. The molecule has 0 saturated carbocycles. The van der Waals surface area contributed by atoms with Crippen LogP contribution in [-0.2, 0) is 20.2 Å². The van der Waals surface area contributed by atoms with Crippen LogP contribution in [0.3, 0.4) is 0 Å². The van der Waals surface area contributed by atoms with E-state index in [1.807, 2.05) is 0 Å². The van der Waals surface area contributed by atoms with Crippen LogP contribution in [0, 0.1) is 0 Å². The van der Waals surface area contributed by atoms with Crippen molar-refractivity contribution in [3.8, 4) is 0 Å². The van der Waals surface area contributed by atoms with Crippen molar-refractivity contribution in [1.82, 2.24) is 0 Å². The molecule has 0 fully saturated rings. The number of benzene rings is 1. The van der Waals surface area contributed by atoms with E-state index in [-0.39, 0.29) is 17.8 Å². The molecule has 0 saturated heterocycles. The highest BCUT2D eigenvalue weighted by Gasteiger charge is 2.47. The van der Waals surface area contributed by atoms with Gasteiger partial charge in [0.25, 0.3) is 0 Å². The second kappa shape index (κ2) is 5.74. The van der Waals surface area contributed by atoms with Gasteiger partial charge in [0.2, 0.25) is 0 Å². The Balaban J connectivity index is 2.35. The first kappa shape index (κ1) is 14.3. The van der Waals surface area contributed by atoms with Gasteiger partial charge in [0.1, 0.15) is 0 Å². The quantitative estimate of drug-likeness (QED) is 0.474. The lowest BCUT2D eigenvalue weighted by atomic mass is 10.2. The number of hydrogen-bond donors (Lipinski definition) is 0. The summed E-state index contributed by atoms with van der Waals surface area (Å²) in [6, 6.07) is 8.96. The molecule has 96 valence electrons. The Morgan fingerprint density at radius 2 is 1.76 bits per heavy atom. The SMILES string of the molecule is O=S(=O)(OSCCc1ccccc1)C(F)(F)F. The molecule has 0 bridgehead atoms. The summed E-state index contributed by atoms with van der Waals surface area (Å²) in [5, 5.41) is 0. The first-order valence-electron chi connectivity index (χ1n) is 4.49. The van der Waals surface area contributed by atoms with Crippen molar-refractivity contribution in [3.63, 3.8) is 0 Å². The molecule has 0 amide bonds. The second-order valence-corrected chi connectivity index (χ2v) is 5.58. The van der Waals surface area contributed by atoms with Crippen LogP contribution in [0.5, 0.6) is 0 Å². The smallest absolute Gasteiger partial charge is 0.191 e. The van der Waals surface area contributed by atoms with Crippen LogP contribution in [0.15, 0.2) is 30.3 Å². The number of halogens is 3. The van der Waals surface area contributed by atoms with Crippen molar-refractivity contribution < 1.29 is 25.2 Å². The van der Waals surface area contributed by atoms with E-state index in [1.54, 1.807) is 30.3 Å². The first-order chi connectivity index (χ1) is 7.83. The summed E-state index contributed by atoms with van der Waals surface area (Å²) in [7, 11) is -5.49. The summed E-state index contributed by atoms with van der Waals surface area (Å²) in [6.45, 7) is 0. The molecule has 0 aromatic heterocycles. The molecule has 1 aromatic rings. The number of aryl methyl sites for hydroxylation is 1. The zero-order valence-corrected chi connectivity index (χ0v) is 10.1. The minimum Gasteiger partial charge on any atom is -0.191 e. The number of rotatable bonds is 5. The zero-order valence-electron chi connectivity index (χ0n) is 8.48. The second-order valence-electron chi connectivity index (χ2n) is 3.03. The minimum atomic E-state index is -5.49. The molecular formula is C9H9F3O3S2. The van der Waals surface area contributed by atoms with Crippen molar-refractivity contribution in [1.29, 1.82) is 0 Å². The minimum absolute atomic E-state index is 0.124. The van der Waals surface area contributed by atoms with E-state index in [0.29, 0.717) is 6.42 Å². The molecule has 0 aliphatic rings. The third kappa shape index (κ3) is 4.57. The Labute approximate surface area is 101 Å². The third-order valence-electron chi connectivity index (χ3n) is 1.74. The van der Waals surface area contributed by atoms with Gasteiger partial charge in [-0.05, 0) is 12.0 Å². The predicted octanol–water partition coefficient (Wildman–Crippen LogP) is 2.74. The van der Waals surface area contributed by atoms with Gasteiger partial charge in [-0.2, -0.15) is 25.2 Å². The van der Waals surface area contributed by atoms with Gasteiger partial charge in [0.15, 0.2) is 0 Å². The molecule has 0 radical (unpaired) electrons. The van der Waals surface area contributed by atoms with Gasteiger partial charge in [-0.25, -0.2) is 0 Å². The third-order valence-corrected chi connectivity index (χ3v) is 3.78. The summed E-state index contributed by atoms with van der Waals surface area (Å²) in [5.74, 6) is 0.124. The summed E-state index contributed by atoms with van der Waals surface area (Å²) in [4.78, 5) is 0. The van der Waals surface area contributed by atoms with Gasteiger partial charge in [0.05, 0.1) is 0 Å².